The Balaban J connectivity index is 1.82. The highest BCUT2D eigenvalue weighted by Crippen LogP contribution is 2.12. The van der Waals surface area contributed by atoms with E-state index in [0.29, 0.717) is 11.1 Å². The molecule has 0 spiro atoms. The number of thioether (sulfide) groups is 1. The van der Waals surface area contributed by atoms with Crippen LogP contribution in [0.15, 0.2) is 17.8 Å². The van der Waals surface area contributed by atoms with Crippen molar-refractivity contribution in [2.45, 2.75) is 5.16 Å². The Hall–Kier alpha value is -1.90. The van der Waals surface area contributed by atoms with E-state index in [0.717, 1.165) is 0 Å². The highest BCUT2D eigenvalue weighted by atomic mass is 32.2. The minimum atomic E-state index is -0.176. The fourth-order valence-electron chi connectivity index (χ4n) is 0.967. The number of carbonyl (C=O) groups is 1. The predicted octanol–water partition coefficient (Wildman–Crippen LogP) is -0.336. The maximum absolute atomic E-state index is 11.4. The number of nitrogens with one attached hydrogen (secondary N) is 2. The van der Waals surface area contributed by atoms with E-state index < -0.39 is 0 Å². The van der Waals surface area contributed by atoms with E-state index in [2.05, 4.69) is 30.7 Å². The average Bonchev–Trinajstić information content (AvgIpc) is 2.87. The average molecular weight is 239 g/mol. The number of aromatic amines is 1. The molecule has 2 rings (SSSR count). The van der Waals surface area contributed by atoms with Crippen LogP contribution in [0.5, 0.6) is 0 Å². The van der Waals surface area contributed by atoms with Gasteiger partial charge in [0.05, 0.1) is 5.75 Å². The van der Waals surface area contributed by atoms with Gasteiger partial charge in [0.25, 0.3) is 0 Å². The van der Waals surface area contributed by atoms with Crippen molar-refractivity contribution >= 4 is 23.6 Å². The van der Waals surface area contributed by atoms with Crippen LogP contribution < -0.4 is 5.32 Å². The molecule has 0 unspecified atom stereocenters. The number of nitrogens with zero attached hydrogens (tertiary/aromatic N) is 5. The second-order valence-electron chi connectivity index (χ2n) is 2.90. The summed E-state index contributed by atoms with van der Waals surface area (Å²) in [5, 5.41) is 16.9. The third-order valence-corrected chi connectivity index (χ3v) is 2.71. The Labute approximate surface area is 94.9 Å². The first-order valence-corrected chi connectivity index (χ1v) is 5.36. The van der Waals surface area contributed by atoms with E-state index in [1.165, 1.54) is 18.1 Å². The van der Waals surface area contributed by atoms with Crippen LogP contribution in [0.2, 0.25) is 0 Å². The number of aromatic nitrogens is 6. The molecule has 16 heavy (non-hydrogen) atoms. The Morgan fingerprint density at radius 2 is 2.56 bits per heavy atom. The van der Waals surface area contributed by atoms with Crippen molar-refractivity contribution in [1.29, 1.82) is 0 Å². The summed E-state index contributed by atoms with van der Waals surface area (Å²) in [6.07, 6.45) is 2.90. The lowest BCUT2D eigenvalue weighted by molar-refractivity contribution is -0.113. The largest absolute Gasteiger partial charge is 0.312 e. The van der Waals surface area contributed by atoms with Crippen LogP contribution in [-0.2, 0) is 11.8 Å². The Morgan fingerprint density at radius 3 is 3.19 bits per heavy atom. The van der Waals surface area contributed by atoms with E-state index >= 15 is 0 Å². The molecule has 2 N–H and O–H groups in total. The molecule has 0 radical (unpaired) electrons. The number of aryl methyl sites for hydroxylation is 1. The van der Waals surface area contributed by atoms with Crippen molar-refractivity contribution in [3.8, 4) is 0 Å². The van der Waals surface area contributed by atoms with Gasteiger partial charge in [0.15, 0.2) is 5.16 Å². The van der Waals surface area contributed by atoms with Gasteiger partial charge < -0.3 is 4.57 Å². The number of hydrogen-bond donors (Lipinski definition) is 2. The molecule has 0 atom stereocenters. The Bertz CT molecular complexity index is 465. The molecule has 9 heteroatoms. The lowest BCUT2D eigenvalue weighted by atomic mass is 10.7. The first-order valence-electron chi connectivity index (χ1n) is 4.37. The summed E-state index contributed by atoms with van der Waals surface area (Å²) >= 11 is 1.30. The third kappa shape index (κ3) is 2.57. The Kier molecular flexibility index (Phi) is 3.15. The van der Waals surface area contributed by atoms with Gasteiger partial charge in [-0.1, -0.05) is 11.8 Å². The molecule has 0 aromatic carbocycles. The van der Waals surface area contributed by atoms with Crippen molar-refractivity contribution in [3.63, 3.8) is 0 Å². The maximum Gasteiger partial charge on any atom is 0.237 e. The zero-order valence-corrected chi connectivity index (χ0v) is 9.23. The summed E-state index contributed by atoms with van der Waals surface area (Å²) in [7, 11) is 1.82. The topological polar surface area (TPSA) is 101 Å². The van der Waals surface area contributed by atoms with E-state index in [-0.39, 0.29) is 11.7 Å². The molecule has 84 valence electrons. The van der Waals surface area contributed by atoms with Crippen molar-refractivity contribution < 1.29 is 4.79 Å². The van der Waals surface area contributed by atoms with Gasteiger partial charge in [-0.3, -0.25) is 10.1 Å². The predicted molar refractivity (Wildman–Crippen MR) is 56.7 cm³/mol. The number of anilines is 1. The summed E-state index contributed by atoms with van der Waals surface area (Å²) in [5.74, 6) is 0.404. The zero-order chi connectivity index (χ0) is 11.4. The lowest BCUT2D eigenvalue weighted by Crippen LogP contribution is -2.15. The lowest BCUT2D eigenvalue weighted by Gasteiger charge is -2.00. The fraction of sp³-hybridized carbons (Fsp3) is 0.286. The molecule has 2 aromatic heterocycles. The van der Waals surface area contributed by atoms with Crippen LogP contribution in [-0.4, -0.2) is 41.6 Å². The summed E-state index contributed by atoms with van der Waals surface area (Å²) in [4.78, 5) is 15.2. The quantitative estimate of drug-likeness (QED) is 0.708. The van der Waals surface area contributed by atoms with Gasteiger partial charge >= 0.3 is 0 Å². The van der Waals surface area contributed by atoms with Crippen molar-refractivity contribution in [2.75, 3.05) is 11.1 Å². The molecule has 2 heterocycles. The monoisotopic (exact) mass is 239 g/mol. The number of H-pyrrole nitrogens is 1. The number of rotatable bonds is 4. The van der Waals surface area contributed by atoms with Gasteiger partial charge in [-0.05, 0) is 0 Å². The first kappa shape index (κ1) is 10.6. The Morgan fingerprint density at radius 1 is 1.69 bits per heavy atom. The molecule has 1 amide bonds. The van der Waals surface area contributed by atoms with Crippen molar-refractivity contribution in [3.05, 3.63) is 12.7 Å². The molecule has 0 saturated carbocycles. The number of carbonyl (C=O) groups excluding carboxylic acids is 1. The molecule has 0 aliphatic heterocycles. The molecule has 0 fully saturated rings. The molecular weight excluding hydrogens is 230 g/mol. The minimum absolute atomic E-state index is 0.176. The second kappa shape index (κ2) is 4.75. The number of hydrogen-bond acceptors (Lipinski definition) is 6. The summed E-state index contributed by atoms with van der Waals surface area (Å²) in [5.41, 5.74) is 0. The molecule has 0 aliphatic rings. The summed E-state index contributed by atoms with van der Waals surface area (Å²) < 4.78 is 1.74. The molecule has 2 aromatic rings. The van der Waals surface area contributed by atoms with Gasteiger partial charge in [-0.25, -0.2) is 5.10 Å². The van der Waals surface area contributed by atoms with Gasteiger partial charge in [0, 0.05) is 7.05 Å². The van der Waals surface area contributed by atoms with Crippen molar-refractivity contribution in [2.24, 2.45) is 7.05 Å². The molecule has 0 aliphatic carbocycles. The highest BCUT2D eigenvalue weighted by Gasteiger charge is 2.07. The summed E-state index contributed by atoms with van der Waals surface area (Å²) in [6.45, 7) is 0. The van der Waals surface area contributed by atoms with Gasteiger partial charge in [-0.2, -0.15) is 10.1 Å². The zero-order valence-electron chi connectivity index (χ0n) is 8.41. The van der Waals surface area contributed by atoms with E-state index in [1.54, 1.807) is 10.9 Å². The molecular formula is C7H9N7OS. The SMILES string of the molecule is Cn1cnnc1SCC(=O)Nc1ncn[nH]1. The van der Waals surface area contributed by atoms with Crippen LogP contribution in [0.4, 0.5) is 5.95 Å². The van der Waals surface area contributed by atoms with Crippen LogP contribution in [0.3, 0.4) is 0 Å². The smallest absolute Gasteiger partial charge is 0.237 e. The van der Waals surface area contributed by atoms with E-state index in [9.17, 15) is 4.79 Å². The minimum Gasteiger partial charge on any atom is -0.312 e. The normalized spacial score (nSPS) is 10.3. The third-order valence-electron chi connectivity index (χ3n) is 1.68. The van der Waals surface area contributed by atoms with Crippen molar-refractivity contribution in [1.82, 2.24) is 29.9 Å². The van der Waals surface area contributed by atoms with Crippen LogP contribution in [0, 0.1) is 0 Å². The number of amides is 1. The molecule has 8 nitrogen and oxygen atoms in total. The fourth-order valence-corrected chi connectivity index (χ4v) is 1.66. The highest BCUT2D eigenvalue weighted by molar-refractivity contribution is 7.99. The van der Waals surface area contributed by atoms with Crippen LogP contribution >= 0.6 is 11.8 Å². The van der Waals surface area contributed by atoms with E-state index in [4.69, 9.17) is 0 Å². The molecule has 0 bridgehead atoms. The summed E-state index contributed by atoms with van der Waals surface area (Å²) in [6, 6.07) is 0. The van der Waals surface area contributed by atoms with Gasteiger partial charge in [0.1, 0.15) is 12.7 Å². The standard InChI is InChI=1S/C7H9N7OS/c1-14-4-10-13-7(14)16-2-5(15)11-6-8-3-9-12-6/h3-4H,2H2,1H3,(H2,8,9,11,12,15). The maximum atomic E-state index is 11.4. The van der Waals surface area contributed by atoms with E-state index in [1.807, 2.05) is 7.05 Å². The second-order valence-corrected chi connectivity index (χ2v) is 3.84. The van der Waals surface area contributed by atoms with Crippen LogP contribution in [0.1, 0.15) is 0 Å². The molecule has 0 saturated heterocycles. The van der Waals surface area contributed by atoms with Crippen LogP contribution in [0.25, 0.3) is 0 Å². The first-order chi connectivity index (χ1) is 7.75. The van der Waals surface area contributed by atoms with Gasteiger partial charge in [-0.15, -0.1) is 10.2 Å². The van der Waals surface area contributed by atoms with Gasteiger partial charge in [0.2, 0.25) is 11.9 Å².